The van der Waals surface area contributed by atoms with Crippen LogP contribution < -0.4 is 10.1 Å². The molecule has 0 saturated carbocycles. The van der Waals surface area contributed by atoms with Crippen molar-refractivity contribution in [2.75, 3.05) is 13.1 Å². The Hall–Kier alpha value is -2.32. The van der Waals surface area contributed by atoms with Gasteiger partial charge in [-0.25, -0.2) is 0 Å². The Morgan fingerprint density at radius 3 is 2.85 bits per heavy atom. The van der Waals surface area contributed by atoms with Crippen LogP contribution in [0.15, 0.2) is 30.5 Å². The number of H-pyrrole nitrogens is 1. The predicted octanol–water partition coefficient (Wildman–Crippen LogP) is 2.54. The third kappa shape index (κ3) is 2.65. The Kier molecular flexibility index (Phi) is 3.66. The average Bonchev–Trinajstić information content (AvgIpc) is 2.97. The molecule has 3 rings (SSSR count). The molecular formula is C15H16N4O. The van der Waals surface area contributed by atoms with Gasteiger partial charge in [0.25, 0.3) is 0 Å². The van der Waals surface area contributed by atoms with Crippen LogP contribution in [0, 0.1) is 11.3 Å². The fraction of sp³-hybridized carbons (Fsp3) is 0.333. The molecule has 1 saturated heterocycles. The van der Waals surface area contributed by atoms with Crippen LogP contribution in [0.5, 0.6) is 11.5 Å². The van der Waals surface area contributed by atoms with Crippen LogP contribution in [0.3, 0.4) is 0 Å². The molecule has 5 nitrogen and oxygen atoms in total. The molecule has 2 N–H and O–H groups in total. The molecule has 5 heteroatoms. The van der Waals surface area contributed by atoms with Crippen LogP contribution in [0.1, 0.15) is 30.0 Å². The van der Waals surface area contributed by atoms with Gasteiger partial charge in [0.15, 0.2) is 5.75 Å². The van der Waals surface area contributed by atoms with Crippen molar-refractivity contribution in [1.29, 1.82) is 5.26 Å². The number of aromatic amines is 1. The van der Waals surface area contributed by atoms with Crippen molar-refractivity contribution in [2.45, 2.75) is 18.8 Å². The first-order valence-electron chi connectivity index (χ1n) is 6.79. The normalized spacial score (nSPS) is 18.4. The summed E-state index contributed by atoms with van der Waals surface area (Å²) in [6, 6.07) is 9.19. The van der Waals surface area contributed by atoms with Gasteiger partial charge < -0.3 is 10.1 Å². The van der Waals surface area contributed by atoms with Gasteiger partial charge in [0.1, 0.15) is 5.75 Å². The lowest BCUT2D eigenvalue weighted by molar-refractivity contribution is 0.427. The van der Waals surface area contributed by atoms with E-state index in [1.54, 1.807) is 30.5 Å². The smallest absolute Gasteiger partial charge is 0.168 e. The molecule has 0 amide bonds. The molecule has 1 aliphatic rings. The van der Waals surface area contributed by atoms with Crippen molar-refractivity contribution >= 4 is 0 Å². The Morgan fingerprint density at radius 1 is 1.30 bits per heavy atom. The Balaban J connectivity index is 1.77. The summed E-state index contributed by atoms with van der Waals surface area (Å²) in [4.78, 5) is 0. The standard InChI is InChI=1S/C15H16N4O/c16-8-11-3-5-13(6-4-11)20-14-10-18-19-15(14)12-2-1-7-17-9-12/h3-6,10,12,17H,1-2,7,9H2,(H,18,19)/t12-/m1/s1. The van der Waals surface area contributed by atoms with Crippen molar-refractivity contribution in [2.24, 2.45) is 0 Å². The predicted molar refractivity (Wildman–Crippen MR) is 74.7 cm³/mol. The van der Waals surface area contributed by atoms with E-state index in [9.17, 15) is 0 Å². The average molecular weight is 268 g/mol. The number of ether oxygens (including phenoxy) is 1. The molecule has 0 spiro atoms. The fourth-order valence-electron chi connectivity index (χ4n) is 2.48. The quantitative estimate of drug-likeness (QED) is 0.897. The maximum atomic E-state index is 8.79. The van der Waals surface area contributed by atoms with Crippen LogP contribution in [0.2, 0.25) is 0 Å². The number of hydrogen-bond acceptors (Lipinski definition) is 4. The molecule has 1 aromatic heterocycles. The van der Waals surface area contributed by atoms with E-state index in [1.165, 1.54) is 6.42 Å². The van der Waals surface area contributed by atoms with Gasteiger partial charge in [0.2, 0.25) is 0 Å². The van der Waals surface area contributed by atoms with Gasteiger partial charge in [-0.2, -0.15) is 10.4 Å². The first-order valence-corrected chi connectivity index (χ1v) is 6.79. The third-order valence-electron chi connectivity index (χ3n) is 3.55. The summed E-state index contributed by atoms with van der Waals surface area (Å²) in [5, 5.41) is 19.3. The number of aromatic nitrogens is 2. The summed E-state index contributed by atoms with van der Waals surface area (Å²) < 4.78 is 5.87. The Morgan fingerprint density at radius 2 is 2.15 bits per heavy atom. The maximum absolute atomic E-state index is 8.79. The van der Waals surface area contributed by atoms with E-state index >= 15 is 0 Å². The molecule has 2 aromatic rings. The Bertz CT molecular complexity index is 606. The molecule has 1 atom stereocenters. The monoisotopic (exact) mass is 268 g/mol. The minimum absolute atomic E-state index is 0.416. The zero-order chi connectivity index (χ0) is 13.8. The summed E-state index contributed by atoms with van der Waals surface area (Å²) in [5.74, 6) is 1.90. The van der Waals surface area contributed by atoms with Crippen LogP contribution in [-0.2, 0) is 0 Å². The highest BCUT2D eigenvalue weighted by Crippen LogP contribution is 2.32. The van der Waals surface area contributed by atoms with Gasteiger partial charge in [-0.05, 0) is 43.7 Å². The first-order chi connectivity index (χ1) is 9.86. The number of nitrogens with zero attached hydrogens (tertiary/aromatic N) is 2. The van der Waals surface area contributed by atoms with E-state index in [0.717, 1.165) is 36.7 Å². The maximum Gasteiger partial charge on any atom is 0.168 e. The van der Waals surface area contributed by atoms with E-state index in [2.05, 4.69) is 21.6 Å². The van der Waals surface area contributed by atoms with Gasteiger partial charge in [0.05, 0.1) is 23.5 Å². The minimum Gasteiger partial charge on any atom is -0.454 e. The van der Waals surface area contributed by atoms with E-state index in [0.29, 0.717) is 11.5 Å². The number of hydrogen-bond donors (Lipinski definition) is 2. The zero-order valence-corrected chi connectivity index (χ0v) is 11.1. The fourth-order valence-corrected chi connectivity index (χ4v) is 2.48. The molecule has 0 bridgehead atoms. The summed E-state index contributed by atoms with van der Waals surface area (Å²) in [6.45, 7) is 2.03. The molecule has 102 valence electrons. The van der Waals surface area contributed by atoms with Crippen LogP contribution in [-0.4, -0.2) is 23.3 Å². The summed E-state index contributed by atoms with van der Waals surface area (Å²) in [7, 11) is 0. The Labute approximate surface area is 117 Å². The summed E-state index contributed by atoms with van der Waals surface area (Å²) in [5.41, 5.74) is 1.67. The van der Waals surface area contributed by atoms with E-state index < -0.39 is 0 Å². The van der Waals surface area contributed by atoms with E-state index in [1.807, 2.05) is 0 Å². The van der Waals surface area contributed by atoms with Gasteiger partial charge in [0, 0.05) is 12.5 Å². The molecule has 0 radical (unpaired) electrons. The van der Waals surface area contributed by atoms with Crippen molar-refractivity contribution in [3.8, 4) is 17.6 Å². The lowest BCUT2D eigenvalue weighted by atomic mass is 9.96. The van der Waals surface area contributed by atoms with Crippen LogP contribution in [0.4, 0.5) is 0 Å². The van der Waals surface area contributed by atoms with Gasteiger partial charge in [-0.1, -0.05) is 0 Å². The largest absolute Gasteiger partial charge is 0.454 e. The number of nitrogens with one attached hydrogen (secondary N) is 2. The van der Waals surface area contributed by atoms with E-state index in [-0.39, 0.29) is 0 Å². The molecule has 1 aromatic carbocycles. The second-order valence-corrected chi connectivity index (χ2v) is 4.93. The zero-order valence-electron chi connectivity index (χ0n) is 11.1. The summed E-state index contributed by atoms with van der Waals surface area (Å²) >= 11 is 0. The highest BCUT2D eigenvalue weighted by atomic mass is 16.5. The molecule has 0 aliphatic carbocycles. The first kappa shape index (κ1) is 12.7. The molecule has 1 fully saturated rings. The molecule has 1 aliphatic heterocycles. The van der Waals surface area contributed by atoms with Crippen LogP contribution in [0.25, 0.3) is 0 Å². The SMILES string of the molecule is N#Cc1ccc(Oc2cn[nH]c2[C@@H]2CCCNC2)cc1. The number of rotatable bonds is 3. The highest BCUT2D eigenvalue weighted by molar-refractivity contribution is 5.38. The number of benzene rings is 1. The minimum atomic E-state index is 0.416. The molecular weight excluding hydrogens is 252 g/mol. The lowest BCUT2D eigenvalue weighted by Crippen LogP contribution is -2.28. The van der Waals surface area contributed by atoms with Crippen molar-refractivity contribution in [3.05, 3.63) is 41.7 Å². The van der Waals surface area contributed by atoms with Gasteiger partial charge in [-0.3, -0.25) is 5.10 Å². The van der Waals surface area contributed by atoms with Gasteiger partial charge in [-0.15, -0.1) is 0 Å². The summed E-state index contributed by atoms with van der Waals surface area (Å²) in [6.07, 6.45) is 4.01. The van der Waals surface area contributed by atoms with Crippen LogP contribution >= 0.6 is 0 Å². The van der Waals surface area contributed by atoms with E-state index in [4.69, 9.17) is 10.00 Å². The molecule has 2 heterocycles. The third-order valence-corrected chi connectivity index (χ3v) is 3.55. The number of nitriles is 1. The van der Waals surface area contributed by atoms with Crippen molar-refractivity contribution in [1.82, 2.24) is 15.5 Å². The van der Waals surface area contributed by atoms with Crippen molar-refractivity contribution < 1.29 is 4.74 Å². The second-order valence-electron chi connectivity index (χ2n) is 4.93. The lowest BCUT2D eigenvalue weighted by Gasteiger charge is -2.22. The highest BCUT2D eigenvalue weighted by Gasteiger charge is 2.21. The second kappa shape index (κ2) is 5.76. The van der Waals surface area contributed by atoms with Crippen molar-refractivity contribution in [3.63, 3.8) is 0 Å². The number of piperidine rings is 1. The molecule has 20 heavy (non-hydrogen) atoms. The van der Waals surface area contributed by atoms with Gasteiger partial charge >= 0.3 is 0 Å². The topological polar surface area (TPSA) is 73.7 Å². The molecule has 0 unspecified atom stereocenters.